The highest BCUT2D eigenvalue weighted by molar-refractivity contribution is 6.84. The molecule has 0 radical (unpaired) electrons. The highest BCUT2D eigenvalue weighted by Gasteiger charge is 2.62. The summed E-state index contributed by atoms with van der Waals surface area (Å²) >= 11 is 0. The molecule has 14 heteroatoms. The first kappa shape index (κ1) is 35.4. The quantitative estimate of drug-likeness (QED) is 0.320. The van der Waals surface area contributed by atoms with Crippen molar-refractivity contribution in [2.75, 3.05) is 6.61 Å². The van der Waals surface area contributed by atoms with E-state index in [2.05, 4.69) is 60.4 Å². The zero-order valence-electron chi connectivity index (χ0n) is 27.6. The molecule has 2 aliphatic heterocycles. The number of carbonyl (C=O) groups excluding carboxylic acids is 2. The van der Waals surface area contributed by atoms with Gasteiger partial charge in [0.15, 0.2) is 12.8 Å². The van der Waals surface area contributed by atoms with E-state index in [-0.39, 0.29) is 34.3 Å². The van der Waals surface area contributed by atoms with Crippen LogP contribution in [0.2, 0.25) is 22.2 Å². The largest absolute Gasteiger partial charge is 0.457 e. The predicted molar refractivity (Wildman–Crippen MR) is 164 cm³/mol. The van der Waals surface area contributed by atoms with E-state index in [0.29, 0.717) is 0 Å². The Morgan fingerprint density at radius 2 is 1.56 bits per heavy atom. The van der Waals surface area contributed by atoms with Crippen LogP contribution in [0.25, 0.3) is 0 Å². The second-order valence-corrected chi connectivity index (χ2v) is 22.7. The lowest BCUT2D eigenvalue weighted by Crippen LogP contribution is -2.66. The summed E-state index contributed by atoms with van der Waals surface area (Å²) in [5.74, 6) is -1.09. The third kappa shape index (κ3) is 7.09. The van der Waals surface area contributed by atoms with E-state index >= 15 is 0 Å². The van der Waals surface area contributed by atoms with Gasteiger partial charge >= 0.3 is 34.8 Å². The minimum atomic E-state index is -3.10. The molecule has 244 valence electrons. The second-order valence-electron chi connectivity index (χ2n) is 13.9. The lowest BCUT2D eigenvalue weighted by molar-refractivity contribution is -0.157. The molecule has 43 heavy (non-hydrogen) atoms. The maximum absolute atomic E-state index is 13.2. The summed E-state index contributed by atoms with van der Waals surface area (Å²) in [5.41, 5.74) is -1.97. The molecule has 1 N–H and O–H groups in total. The Hall–Kier alpha value is -2.11. The van der Waals surface area contributed by atoms with Crippen LogP contribution in [0.4, 0.5) is 0 Å². The van der Waals surface area contributed by atoms with Crippen molar-refractivity contribution in [2.24, 2.45) is 5.41 Å². The molecule has 4 atom stereocenters. The number of rotatable bonds is 8. The van der Waals surface area contributed by atoms with E-state index in [4.69, 9.17) is 27.2 Å². The fraction of sp³-hybridized carbons (Fsp3) is 0.793. The molecule has 0 aliphatic carbocycles. The van der Waals surface area contributed by atoms with Crippen molar-refractivity contribution >= 4 is 29.1 Å². The number of ether oxygens (including phenoxy) is 3. The van der Waals surface area contributed by atoms with E-state index in [9.17, 15) is 19.2 Å². The third-order valence-electron chi connectivity index (χ3n) is 8.24. The van der Waals surface area contributed by atoms with Gasteiger partial charge in [-0.15, -0.1) is 0 Å². The lowest BCUT2D eigenvalue weighted by atomic mass is 9.98. The van der Waals surface area contributed by atoms with Crippen LogP contribution in [-0.2, 0) is 43.5 Å². The number of esters is 2. The monoisotopic (exact) mass is 642 g/mol. The first-order chi connectivity index (χ1) is 19.8. The molecule has 12 nitrogen and oxygen atoms in total. The molecule has 0 saturated carbocycles. The fourth-order valence-electron chi connectivity index (χ4n) is 5.88. The van der Waals surface area contributed by atoms with E-state index in [1.54, 1.807) is 20.8 Å². The molecule has 0 unspecified atom stereocenters. The summed E-state index contributed by atoms with van der Waals surface area (Å²) in [7, 11) is -5.97. The van der Waals surface area contributed by atoms with Crippen LogP contribution in [0, 0.1) is 5.41 Å². The van der Waals surface area contributed by atoms with Gasteiger partial charge in [0, 0.05) is 13.1 Å². The summed E-state index contributed by atoms with van der Waals surface area (Å²) in [6.45, 7) is 22.8. The molecule has 3 heterocycles. The summed E-state index contributed by atoms with van der Waals surface area (Å²) in [6, 6.07) is 0. The summed E-state index contributed by atoms with van der Waals surface area (Å²) in [6.07, 6.45) is -2.32. The summed E-state index contributed by atoms with van der Waals surface area (Å²) in [4.78, 5) is 52.9. The molecule has 3 rings (SSSR count). The molecule has 2 aliphatic rings. The second kappa shape index (κ2) is 13.1. The van der Waals surface area contributed by atoms with E-state index in [1.807, 2.05) is 0 Å². The molecular weight excluding hydrogens is 592 g/mol. The number of hydrogen-bond donors (Lipinski definition) is 1. The lowest BCUT2D eigenvalue weighted by Gasteiger charge is -2.51. The molecule has 0 amide bonds. The van der Waals surface area contributed by atoms with Crippen molar-refractivity contribution in [3.63, 3.8) is 0 Å². The van der Waals surface area contributed by atoms with Gasteiger partial charge in [-0.3, -0.25) is 23.9 Å². The molecule has 2 fully saturated rings. The Kier molecular flexibility index (Phi) is 10.8. The maximum Gasteiger partial charge on any atom is 0.335 e. The molecular formula is C29H50N2O10Si2. The Morgan fingerprint density at radius 1 is 1.00 bits per heavy atom. The first-order valence-corrected chi connectivity index (χ1v) is 19.1. The number of fused-ring (bicyclic) bond motifs is 1. The van der Waals surface area contributed by atoms with Gasteiger partial charge < -0.3 is 27.2 Å². The highest BCUT2D eigenvalue weighted by Crippen LogP contribution is 2.49. The van der Waals surface area contributed by atoms with Gasteiger partial charge in [-0.2, -0.15) is 0 Å². The molecule has 2 saturated heterocycles. The Bertz CT molecular complexity index is 1270. The van der Waals surface area contributed by atoms with Crippen molar-refractivity contribution in [1.29, 1.82) is 0 Å². The number of aromatic nitrogens is 2. The summed E-state index contributed by atoms with van der Waals surface area (Å²) < 4.78 is 39.8. The normalized spacial score (nSPS) is 25.5. The van der Waals surface area contributed by atoms with Gasteiger partial charge in [0.2, 0.25) is 0 Å². The smallest absolute Gasteiger partial charge is 0.335 e. The van der Waals surface area contributed by atoms with Gasteiger partial charge in [-0.05, 0) is 42.9 Å². The number of nitrogens with one attached hydrogen (secondary N) is 1. The molecule has 0 aromatic carbocycles. The van der Waals surface area contributed by atoms with Crippen molar-refractivity contribution in [2.45, 2.75) is 136 Å². The van der Waals surface area contributed by atoms with E-state index in [1.165, 1.54) is 13.1 Å². The SMILES string of the molecule is CC(=O)O[C@@H]1[C@@H]2O[Si](C(C)C)(C(C)C)O[Si](C(C)C)(C(C)C)OC[C@H]2O[C@H]1c1cn(COC(=O)C(C)(C)C)c(=O)[nH]c1=O. The Morgan fingerprint density at radius 3 is 2.05 bits per heavy atom. The van der Waals surface area contributed by atoms with Gasteiger partial charge in [0.25, 0.3) is 5.56 Å². The molecule has 0 bridgehead atoms. The van der Waals surface area contributed by atoms with Crippen LogP contribution < -0.4 is 11.2 Å². The summed E-state index contributed by atoms with van der Waals surface area (Å²) in [5, 5.41) is 0. The molecule has 1 aromatic rings. The zero-order valence-corrected chi connectivity index (χ0v) is 29.6. The topological polar surface area (TPSA) is 144 Å². The number of carbonyl (C=O) groups is 2. The van der Waals surface area contributed by atoms with Crippen LogP contribution in [0.3, 0.4) is 0 Å². The number of H-pyrrole nitrogens is 1. The average molecular weight is 643 g/mol. The zero-order chi connectivity index (χ0) is 32.7. The minimum absolute atomic E-state index is 0.0130. The van der Waals surface area contributed by atoms with Gasteiger partial charge in [-0.25, -0.2) is 4.79 Å². The maximum atomic E-state index is 13.2. The van der Waals surface area contributed by atoms with Crippen molar-refractivity contribution in [1.82, 2.24) is 9.55 Å². The van der Waals surface area contributed by atoms with Crippen LogP contribution in [0.15, 0.2) is 15.8 Å². The highest BCUT2D eigenvalue weighted by atomic mass is 28.5. The van der Waals surface area contributed by atoms with Crippen molar-refractivity contribution in [3.8, 4) is 0 Å². The Labute approximate surface area is 256 Å². The Balaban J connectivity index is 2.13. The first-order valence-electron chi connectivity index (χ1n) is 15.1. The van der Waals surface area contributed by atoms with Crippen molar-refractivity contribution < 1.29 is 36.8 Å². The van der Waals surface area contributed by atoms with E-state index in [0.717, 1.165) is 4.57 Å². The predicted octanol–water partition coefficient (Wildman–Crippen LogP) is 4.41. The van der Waals surface area contributed by atoms with Crippen LogP contribution in [-0.4, -0.2) is 63.5 Å². The van der Waals surface area contributed by atoms with Gasteiger partial charge in [0.1, 0.15) is 18.3 Å². The van der Waals surface area contributed by atoms with Gasteiger partial charge in [0.05, 0.1) is 17.6 Å². The van der Waals surface area contributed by atoms with Crippen LogP contribution in [0.5, 0.6) is 0 Å². The van der Waals surface area contributed by atoms with E-state index < -0.39 is 76.9 Å². The standard InChI is InChI=1S/C29H50N2O10Si2/c1-16(2)42(17(3)4)37-14-22-24(40-43(41-42,18(5)6)19(7)8)25(38-20(9)32)23(39-22)21-13-31(28(35)30-26(21)33)15-36-27(34)29(10,11)12/h13,16-19,22-25H,14-15H2,1-12H3,(H,30,33,35)/t22-,23+,24-,25+/m1/s1. The number of hydrogen-bond acceptors (Lipinski definition) is 10. The molecule has 0 spiro atoms. The average Bonchev–Trinajstić information content (AvgIpc) is 3.17. The van der Waals surface area contributed by atoms with Crippen LogP contribution in [0.1, 0.15) is 94.8 Å². The van der Waals surface area contributed by atoms with Crippen molar-refractivity contribution in [3.05, 3.63) is 32.6 Å². The molecule has 1 aromatic heterocycles. The minimum Gasteiger partial charge on any atom is -0.457 e. The van der Waals surface area contributed by atoms with Gasteiger partial charge in [-0.1, -0.05) is 55.4 Å². The number of aromatic amines is 1. The van der Waals surface area contributed by atoms with Crippen LogP contribution >= 0.6 is 0 Å². The number of nitrogens with zero attached hydrogens (tertiary/aromatic N) is 1. The fourth-order valence-corrected chi connectivity index (χ4v) is 17.1. The third-order valence-corrected chi connectivity index (χ3v) is 18.5.